The Bertz CT molecular complexity index is 1110. The molecule has 0 spiro atoms. The van der Waals surface area contributed by atoms with Crippen LogP contribution >= 0.6 is 0 Å². The average Bonchev–Trinajstić information content (AvgIpc) is 3.43. The molecule has 32 heavy (non-hydrogen) atoms. The van der Waals surface area contributed by atoms with E-state index in [0.29, 0.717) is 68.5 Å². The number of amides is 2. The number of fused-ring (bicyclic) bond motifs is 1. The van der Waals surface area contributed by atoms with E-state index < -0.39 is 0 Å². The highest BCUT2D eigenvalue weighted by atomic mass is 16.3. The van der Waals surface area contributed by atoms with E-state index in [1.54, 1.807) is 23.1 Å². The van der Waals surface area contributed by atoms with Crippen LogP contribution in [0.5, 0.6) is 0 Å². The van der Waals surface area contributed by atoms with E-state index in [9.17, 15) is 9.59 Å². The predicted octanol–water partition coefficient (Wildman–Crippen LogP) is 2.16. The first kappa shape index (κ1) is 22.0. The van der Waals surface area contributed by atoms with Gasteiger partial charge in [0.05, 0.1) is 29.5 Å². The smallest absolute Gasteiger partial charge is 0.254 e. The maximum Gasteiger partial charge on any atom is 0.254 e. The van der Waals surface area contributed by atoms with Gasteiger partial charge in [0.25, 0.3) is 5.91 Å². The Labute approximate surface area is 187 Å². The molecule has 4 rings (SSSR count). The fourth-order valence-electron chi connectivity index (χ4n) is 4.31. The number of likely N-dealkylation sites (N-methyl/N-ethyl adjacent to an activating group) is 1. The monoisotopic (exact) mass is 438 g/mol. The molecule has 0 aliphatic carbocycles. The van der Waals surface area contributed by atoms with Crippen molar-refractivity contribution in [2.24, 2.45) is 7.05 Å². The Morgan fingerprint density at radius 1 is 1.16 bits per heavy atom. The van der Waals surface area contributed by atoms with Gasteiger partial charge in [-0.3, -0.25) is 19.2 Å². The molecule has 0 aromatic carbocycles. The van der Waals surface area contributed by atoms with Crippen molar-refractivity contribution < 1.29 is 14.0 Å². The number of pyridine rings is 1. The molecule has 1 fully saturated rings. The largest absolute Gasteiger partial charge is 0.463 e. The second-order valence-electron chi connectivity index (χ2n) is 8.07. The van der Waals surface area contributed by atoms with Crippen LogP contribution in [0.3, 0.4) is 0 Å². The molecule has 1 saturated heterocycles. The molecule has 3 aromatic rings. The molecule has 2 amide bonds. The lowest BCUT2D eigenvalue weighted by Crippen LogP contribution is -2.51. The second kappa shape index (κ2) is 9.12. The SMILES string of the molecule is CCN(CC)C(=O)CN1CCN(C(=O)c2cc(-c3ccco3)nc3c2c(C)nn3C)CC1. The van der Waals surface area contributed by atoms with Gasteiger partial charge in [-0.1, -0.05) is 0 Å². The molecule has 0 atom stereocenters. The highest BCUT2D eigenvalue weighted by molar-refractivity contribution is 6.07. The van der Waals surface area contributed by atoms with Crippen molar-refractivity contribution in [1.82, 2.24) is 29.5 Å². The Hall–Kier alpha value is -3.20. The zero-order valence-electron chi connectivity index (χ0n) is 19.2. The Balaban J connectivity index is 1.55. The van der Waals surface area contributed by atoms with Crippen LogP contribution < -0.4 is 0 Å². The number of aromatic nitrogens is 3. The van der Waals surface area contributed by atoms with E-state index >= 15 is 0 Å². The fourth-order valence-corrected chi connectivity index (χ4v) is 4.31. The molecule has 170 valence electrons. The molecular formula is C23H30N6O3. The predicted molar refractivity (Wildman–Crippen MR) is 121 cm³/mol. The highest BCUT2D eigenvalue weighted by Crippen LogP contribution is 2.28. The highest BCUT2D eigenvalue weighted by Gasteiger charge is 2.27. The van der Waals surface area contributed by atoms with E-state index in [0.717, 1.165) is 11.1 Å². The van der Waals surface area contributed by atoms with Crippen molar-refractivity contribution in [2.45, 2.75) is 20.8 Å². The van der Waals surface area contributed by atoms with E-state index in [1.165, 1.54) is 0 Å². The first-order valence-corrected chi connectivity index (χ1v) is 11.1. The van der Waals surface area contributed by atoms with E-state index in [4.69, 9.17) is 4.42 Å². The molecule has 4 heterocycles. The molecular weight excluding hydrogens is 408 g/mol. The van der Waals surface area contributed by atoms with Crippen molar-refractivity contribution in [1.29, 1.82) is 0 Å². The molecule has 9 nitrogen and oxygen atoms in total. The van der Waals surface area contributed by atoms with Crippen LogP contribution in [0.2, 0.25) is 0 Å². The summed E-state index contributed by atoms with van der Waals surface area (Å²) in [5.74, 6) is 0.704. The standard InChI is InChI=1S/C23H30N6O3/c1-5-28(6-2)20(30)15-27-9-11-29(12-10-27)23(31)17-14-18(19-8-7-13-32-19)24-22-21(17)16(3)25-26(22)4/h7-8,13-14H,5-6,9-12,15H2,1-4H3. The topological polar surface area (TPSA) is 87.7 Å². The summed E-state index contributed by atoms with van der Waals surface area (Å²) in [5, 5.41) is 5.25. The number of hydrogen-bond donors (Lipinski definition) is 0. The molecule has 0 radical (unpaired) electrons. The van der Waals surface area contributed by atoms with Gasteiger partial charge in [0.2, 0.25) is 5.91 Å². The van der Waals surface area contributed by atoms with Crippen molar-refractivity contribution in [3.8, 4) is 11.5 Å². The molecule has 0 bridgehead atoms. The van der Waals surface area contributed by atoms with Crippen LogP contribution in [0.4, 0.5) is 0 Å². The number of rotatable bonds is 6. The van der Waals surface area contributed by atoms with Gasteiger partial charge in [0, 0.05) is 46.3 Å². The summed E-state index contributed by atoms with van der Waals surface area (Å²) in [5.41, 5.74) is 2.62. The summed E-state index contributed by atoms with van der Waals surface area (Å²) < 4.78 is 7.22. The minimum atomic E-state index is -0.0453. The summed E-state index contributed by atoms with van der Waals surface area (Å²) in [4.78, 5) is 36.5. The van der Waals surface area contributed by atoms with E-state index in [1.807, 2.05) is 43.7 Å². The maximum absolute atomic E-state index is 13.6. The quantitative estimate of drug-likeness (QED) is 0.586. The lowest BCUT2D eigenvalue weighted by Gasteiger charge is -2.35. The van der Waals surface area contributed by atoms with Gasteiger partial charge in [-0.15, -0.1) is 0 Å². The van der Waals surface area contributed by atoms with Crippen molar-refractivity contribution in [3.63, 3.8) is 0 Å². The van der Waals surface area contributed by atoms with Crippen LogP contribution in [0, 0.1) is 6.92 Å². The first-order valence-electron chi connectivity index (χ1n) is 11.1. The van der Waals surface area contributed by atoms with Gasteiger partial charge in [-0.25, -0.2) is 4.98 Å². The number of carbonyl (C=O) groups excluding carboxylic acids is 2. The molecule has 0 N–H and O–H groups in total. The van der Waals surface area contributed by atoms with Gasteiger partial charge in [0.1, 0.15) is 5.69 Å². The van der Waals surface area contributed by atoms with Crippen molar-refractivity contribution in [3.05, 3.63) is 35.7 Å². The van der Waals surface area contributed by atoms with Gasteiger partial charge in [0.15, 0.2) is 11.4 Å². The summed E-state index contributed by atoms with van der Waals surface area (Å²) in [6, 6.07) is 5.43. The van der Waals surface area contributed by atoms with Crippen molar-refractivity contribution in [2.75, 3.05) is 45.8 Å². The Kier molecular flexibility index (Phi) is 6.27. The summed E-state index contributed by atoms with van der Waals surface area (Å²) in [6.45, 7) is 10.2. The van der Waals surface area contributed by atoms with E-state index in [2.05, 4.69) is 15.0 Å². The summed E-state index contributed by atoms with van der Waals surface area (Å²) >= 11 is 0. The normalized spacial score (nSPS) is 14.8. The Morgan fingerprint density at radius 2 is 1.88 bits per heavy atom. The molecule has 0 saturated carbocycles. The third-order valence-corrected chi connectivity index (χ3v) is 6.11. The lowest BCUT2D eigenvalue weighted by atomic mass is 10.1. The van der Waals surface area contributed by atoms with E-state index in [-0.39, 0.29) is 11.8 Å². The number of hydrogen-bond acceptors (Lipinski definition) is 6. The van der Waals surface area contributed by atoms with Crippen LogP contribution in [-0.4, -0.2) is 87.1 Å². The zero-order valence-corrected chi connectivity index (χ0v) is 19.2. The van der Waals surface area contributed by atoms with Crippen LogP contribution in [0.15, 0.2) is 28.9 Å². The average molecular weight is 439 g/mol. The second-order valence-corrected chi connectivity index (χ2v) is 8.07. The van der Waals surface area contributed by atoms with Gasteiger partial charge >= 0.3 is 0 Å². The third kappa shape index (κ3) is 4.12. The third-order valence-electron chi connectivity index (χ3n) is 6.11. The summed E-state index contributed by atoms with van der Waals surface area (Å²) in [7, 11) is 1.83. The number of carbonyl (C=O) groups is 2. The Morgan fingerprint density at radius 3 is 2.50 bits per heavy atom. The maximum atomic E-state index is 13.6. The van der Waals surface area contributed by atoms with Gasteiger partial charge < -0.3 is 14.2 Å². The van der Waals surface area contributed by atoms with Crippen LogP contribution in [0.25, 0.3) is 22.5 Å². The fraction of sp³-hybridized carbons (Fsp3) is 0.478. The molecule has 9 heteroatoms. The molecule has 1 aliphatic heterocycles. The molecule has 0 unspecified atom stereocenters. The van der Waals surface area contributed by atoms with Crippen LogP contribution in [0.1, 0.15) is 29.9 Å². The molecule has 1 aliphatic rings. The molecule has 3 aromatic heterocycles. The van der Waals surface area contributed by atoms with Crippen LogP contribution in [-0.2, 0) is 11.8 Å². The number of nitrogens with zero attached hydrogens (tertiary/aromatic N) is 6. The van der Waals surface area contributed by atoms with Crippen molar-refractivity contribution >= 4 is 22.8 Å². The minimum absolute atomic E-state index is 0.0453. The number of furan rings is 1. The number of aryl methyl sites for hydroxylation is 2. The van der Waals surface area contributed by atoms with Gasteiger partial charge in [-0.05, 0) is 39.0 Å². The lowest BCUT2D eigenvalue weighted by molar-refractivity contribution is -0.132. The van der Waals surface area contributed by atoms with Gasteiger partial charge in [-0.2, -0.15) is 5.10 Å². The first-order chi connectivity index (χ1) is 15.4. The summed E-state index contributed by atoms with van der Waals surface area (Å²) in [6.07, 6.45) is 1.59. The number of piperazine rings is 1. The zero-order chi connectivity index (χ0) is 22.8. The minimum Gasteiger partial charge on any atom is -0.463 e.